The van der Waals surface area contributed by atoms with E-state index >= 15 is 0 Å². The summed E-state index contributed by atoms with van der Waals surface area (Å²) in [5.41, 5.74) is 10.2. The van der Waals surface area contributed by atoms with Crippen LogP contribution >= 0.6 is 0 Å². The van der Waals surface area contributed by atoms with Gasteiger partial charge in [0.05, 0.1) is 17.3 Å². The molecule has 1 aromatic heterocycles. The Morgan fingerprint density at radius 1 is 1.26 bits per heavy atom. The second-order valence-corrected chi connectivity index (χ2v) is 10.6. The Morgan fingerprint density at radius 2 is 2.03 bits per heavy atom. The number of likely N-dealkylation sites (tertiary alicyclic amines) is 1. The third-order valence-corrected chi connectivity index (χ3v) is 8.01. The highest BCUT2D eigenvalue weighted by Gasteiger charge is 2.34. The van der Waals surface area contributed by atoms with Crippen molar-refractivity contribution < 1.29 is 5.11 Å². The number of allylic oxidation sites excluding steroid dienone is 1. The van der Waals surface area contributed by atoms with E-state index in [2.05, 4.69) is 50.3 Å². The smallest absolute Gasteiger partial charge is 0.291 e. The number of nitrogens with one attached hydrogen (secondary N) is 1. The Hall–Kier alpha value is -3.19. The molecule has 38 heavy (non-hydrogen) atoms. The van der Waals surface area contributed by atoms with E-state index in [9.17, 15) is 15.2 Å². The SMILES string of the molecule is C=C(C)c1[nH]c(=O)c(N2CCN(C3CCN(Cc4ccc(C#N)cc4CCCO)CC3)C(CC)C2)nc1N. The number of aromatic amines is 1. The molecule has 2 aliphatic rings. The van der Waals surface area contributed by atoms with Crippen molar-refractivity contribution in [2.45, 2.75) is 64.6 Å². The normalized spacial score (nSPS) is 19.4. The predicted molar refractivity (Wildman–Crippen MR) is 152 cm³/mol. The molecule has 3 heterocycles. The van der Waals surface area contributed by atoms with Gasteiger partial charge in [-0.3, -0.25) is 14.6 Å². The van der Waals surface area contributed by atoms with Crippen LogP contribution in [0.15, 0.2) is 29.6 Å². The second kappa shape index (κ2) is 12.6. The summed E-state index contributed by atoms with van der Waals surface area (Å²) >= 11 is 0. The van der Waals surface area contributed by atoms with E-state index in [1.807, 2.05) is 12.1 Å². The van der Waals surface area contributed by atoms with Crippen LogP contribution in [0.4, 0.5) is 11.6 Å². The fraction of sp³-hybridized carbons (Fsp3) is 0.552. The lowest BCUT2D eigenvalue weighted by Crippen LogP contribution is -2.59. The number of hydrogen-bond acceptors (Lipinski definition) is 8. The molecule has 2 aliphatic heterocycles. The van der Waals surface area contributed by atoms with Crippen LogP contribution in [0, 0.1) is 11.3 Å². The van der Waals surface area contributed by atoms with Crippen LogP contribution in [0.5, 0.6) is 0 Å². The number of benzene rings is 1. The first kappa shape index (κ1) is 27.8. The van der Waals surface area contributed by atoms with Gasteiger partial charge in [-0.15, -0.1) is 0 Å². The zero-order valence-corrected chi connectivity index (χ0v) is 22.7. The van der Waals surface area contributed by atoms with E-state index in [-0.39, 0.29) is 12.2 Å². The largest absolute Gasteiger partial charge is 0.396 e. The first-order valence-electron chi connectivity index (χ1n) is 13.8. The van der Waals surface area contributed by atoms with Crippen molar-refractivity contribution in [2.24, 2.45) is 0 Å². The number of piperazine rings is 1. The van der Waals surface area contributed by atoms with E-state index < -0.39 is 0 Å². The van der Waals surface area contributed by atoms with Gasteiger partial charge in [0.1, 0.15) is 5.82 Å². The van der Waals surface area contributed by atoms with E-state index in [1.54, 1.807) is 6.92 Å². The average Bonchev–Trinajstić information content (AvgIpc) is 2.93. The molecule has 1 aromatic carbocycles. The topological polar surface area (TPSA) is 126 Å². The Balaban J connectivity index is 1.37. The minimum absolute atomic E-state index is 0.158. The van der Waals surface area contributed by atoms with Gasteiger partial charge in [-0.1, -0.05) is 19.6 Å². The van der Waals surface area contributed by atoms with E-state index in [0.29, 0.717) is 47.0 Å². The van der Waals surface area contributed by atoms with Gasteiger partial charge < -0.3 is 20.7 Å². The molecule has 4 N–H and O–H groups in total. The maximum absolute atomic E-state index is 12.8. The molecule has 0 amide bonds. The molecular formula is C29H41N7O2. The van der Waals surface area contributed by atoms with Gasteiger partial charge in [0, 0.05) is 44.9 Å². The molecule has 1 atom stereocenters. The lowest BCUT2D eigenvalue weighted by atomic mass is 9.96. The summed E-state index contributed by atoms with van der Waals surface area (Å²) in [6.07, 6.45) is 4.73. The number of H-pyrrole nitrogens is 1. The maximum atomic E-state index is 12.8. The molecule has 9 heteroatoms. The summed E-state index contributed by atoms with van der Waals surface area (Å²) in [6.45, 7) is 13.4. The van der Waals surface area contributed by atoms with Gasteiger partial charge >= 0.3 is 0 Å². The number of anilines is 2. The van der Waals surface area contributed by atoms with Crippen LogP contribution in [-0.2, 0) is 13.0 Å². The van der Waals surface area contributed by atoms with Gasteiger partial charge in [0.25, 0.3) is 5.56 Å². The fourth-order valence-corrected chi connectivity index (χ4v) is 5.90. The molecule has 2 fully saturated rings. The first-order chi connectivity index (χ1) is 18.3. The van der Waals surface area contributed by atoms with Gasteiger partial charge in [-0.2, -0.15) is 5.26 Å². The van der Waals surface area contributed by atoms with Crippen LogP contribution in [0.2, 0.25) is 0 Å². The standard InChI is InChI=1S/C29H41N7O2/c1-4-24-19-35(28-29(38)32-26(20(2)3)27(31)33-28)13-14-36(24)25-9-11-34(12-10-25)18-23-8-7-21(17-30)16-22(23)6-5-15-37/h7-8,16,24-25,37H,2,4-6,9-15,18-19H2,1,3H3,(H2,31,33)(H,32,38). The maximum Gasteiger partial charge on any atom is 0.291 e. The van der Waals surface area contributed by atoms with Crippen LogP contribution in [0.3, 0.4) is 0 Å². The zero-order chi connectivity index (χ0) is 27.2. The Labute approximate surface area is 225 Å². The number of piperidine rings is 1. The number of rotatable bonds is 9. The minimum Gasteiger partial charge on any atom is -0.396 e. The van der Waals surface area contributed by atoms with Crippen LogP contribution in [0.1, 0.15) is 61.9 Å². The van der Waals surface area contributed by atoms with Gasteiger partial charge in [0.15, 0.2) is 5.82 Å². The highest BCUT2D eigenvalue weighted by atomic mass is 16.2. The molecule has 2 aromatic rings. The van der Waals surface area contributed by atoms with Crippen molar-refractivity contribution in [3.63, 3.8) is 0 Å². The molecule has 0 radical (unpaired) electrons. The second-order valence-electron chi connectivity index (χ2n) is 10.6. The number of nitrogen functional groups attached to an aromatic ring is 1. The van der Waals surface area contributed by atoms with E-state index in [4.69, 9.17) is 5.73 Å². The van der Waals surface area contributed by atoms with Crippen LogP contribution in [0.25, 0.3) is 5.57 Å². The third-order valence-electron chi connectivity index (χ3n) is 8.01. The molecular weight excluding hydrogens is 478 g/mol. The van der Waals surface area contributed by atoms with Crippen molar-refractivity contribution in [1.29, 1.82) is 5.26 Å². The number of nitrogens with zero attached hydrogens (tertiary/aromatic N) is 5. The number of hydrogen-bond donors (Lipinski definition) is 3. The molecule has 0 spiro atoms. The lowest BCUT2D eigenvalue weighted by molar-refractivity contribution is 0.0609. The number of nitrogens with two attached hydrogens (primary N) is 1. The molecule has 0 aliphatic carbocycles. The molecule has 0 saturated carbocycles. The highest BCUT2D eigenvalue weighted by molar-refractivity contribution is 5.67. The van der Waals surface area contributed by atoms with Crippen LogP contribution < -0.4 is 16.2 Å². The zero-order valence-electron chi connectivity index (χ0n) is 22.7. The van der Waals surface area contributed by atoms with Crippen molar-refractivity contribution in [1.82, 2.24) is 19.8 Å². The van der Waals surface area contributed by atoms with E-state index in [0.717, 1.165) is 65.0 Å². The summed E-state index contributed by atoms with van der Waals surface area (Å²) in [5, 5.41) is 18.6. The summed E-state index contributed by atoms with van der Waals surface area (Å²) < 4.78 is 0. The van der Waals surface area contributed by atoms with E-state index in [1.165, 1.54) is 11.1 Å². The monoisotopic (exact) mass is 519 g/mol. The molecule has 204 valence electrons. The average molecular weight is 520 g/mol. The summed E-state index contributed by atoms with van der Waals surface area (Å²) in [7, 11) is 0. The van der Waals surface area contributed by atoms with Gasteiger partial charge in [-0.05, 0) is 81.0 Å². The predicted octanol–water partition coefficient (Wildman–Crippen LogP) is 2.75. The third kappa shape index (κ3) is 6.26. The van der Waals surface area contributed by atoms with Gasteiger partial charge in [-0.25, -0.2) is 4.98 Å². The molecule has 4 rings (SSSR count). The lowest BCUT2D eigenvalue weighted by Gasteiger charge is -2.47. The van der Waals surface area contributed by atoms with Crippen molar-refractivity contribution >= 4 is 17.2 Å². The number of nitriles is 1. The van der Waals surface area contributed by atoms with Crippen molar-refractivity contribution in [3.8, 4) is 6.07 Å². The molecule has 2 saturated heterocycles. The number of aromatic nitrogens is 2. The summed E-state index contributed by atoms with van der Waals surface area (Å²) in [6, 6.07) is 9.06. The van der Waals surface area contributed by atoms with Crippen molar-refractivity contribution in [2.75, 3.05) is 50.0 Å². The Kier molecular flexibility index (Phi) is 9.21. The van der Waals surface area contributed by atoms with Crippen molar-refractivity contribution in [3.05, 3.63) is 57.5 Å². The number of aryl methyl sites for hydroxylation is 1. The number of aliphatic hydroxyl groups is 1. The van der Waals surface area contributed by atoms with Crippen LogP contribution in [-0.4, -0.2) is 76.3 Å². The van der Waals surface area contributed by atoms with Gasteiger partial charge in [0.2, 0.25) is 0 Å². The Morgan fingerprint density at radius 3 is 2.68 bits per heavy atom. The highest BCUT2D eigenvalue weighted by Crippen LogP contribution is 2.27. The molecule has 0 bridgehead atoms. The quantitative estimate of drug-likeness (QED) is 0.462. The summed E-state index contributed by atoms with van der Waals surface area (Å²) in [5.74, 6) is 0.719. The summed E-state index contributed by atoms with van der Waals surface area (Å²) in [4.78, 5) is 27.3. The molecule has 1 unspecified atom stereocenters. The molecule has 9 nitrogen and oxygen atoms in total. The fourth-order valence-electron chi connectivity index (χ4n) is 5.90. The Bertz CT molecular complexity index is 1230. The first-order valence-corrected chi connectivity index (χ1v) is 13.8. The minimum atomic E-state index is -0.213. The number of aliphatic hydroxyl groups excluding tert-OH is 1.